The lowest BCUT2D eigenvalue weighted by molar-refractivity contribution is 0.549. The van der Waals surface area contributed by atoms with Crippen LogP contribution in [0, 0.1) is 0 Å². The molecule has 17 heavy (non-hydrogen) atoms. The smallest absolute Gasteiger partial charge is 0.141 e. The van der Waals surface area contributed by atoms with E-state index in [0.29, 0.717) is 11.7 Å². The molecule has 0 bridgehead atoms. The summed E-state index contributed by atoms with van der Waals surface area (Å²) in [5, 5.41) is 0. The molecule has 3 nitrogen and oxygen atoms in total. The fourth-order valence-electron chi connectivity index (χ4n) is 2.35. The van der Waals surface area contributed by atoms with Gasteiger partial charge in [0.05, 0.1) is 10.2 Å². The van der Waals surface area contributed by atoms with Crippen LogP contribution >= 0.6 is 15.9 Å². The fourth-order valence-corrected chi connectivity index (χ4v) is 3.12. The number of anilines is 1. The van der Waals surface area contributed by atoms with Crippen molar-refractivity contribution >= 4 is 21.7 Å². The molecule has 0 atom stereocenters. The van der Waals surface area contributed by atoms with Gasteiger partial charge in [0.1, 0.15) is 11.6 Å². The van der Waals surface area contributed by atoms with Gasteiger partial charge in [-0.25, -0.2) is 9.97 Å². The second-order valence-corrected chi connectivity index (χ2v) is 6.65. The summed E-state index contributed by atoms with van der Waals surface area (Å²) in [5.74, 6) is 2.02. The Labute approximate surface area is 111 Å². The van der Waals surface area contributed by atoms with Crippen LogP contribution in [0.3, 0.4) is 0 Å². The molecule has 0 radical (unpaired) electrons. The zero-order valence-electron chi connectivity index (χ0n) is 10.8. The summed E-state index contributed by atoms with van der Waals surface area (Å²) in [6.45, 7) is 6.45. The van der Waals surface area contributed by atoms with Crippen LogP contribution in [-0.4, -0.2) is 9.97 Å². The molecule has 1 aromatic heterocycles. The first kappa shape index (κ1) is 12.8. The third kappa shape index (κ3) is 2.62. The Morgan fingerprint density at radius 2 is 1.76 bits per heavy atom. The summed E-state index contributed by atoms with van der Waals surface area (Å²) in [5.41, 5.74) is 7.00. The van der Waals surface area contributed by atoms with E-state index >= 15 is 0 Å². The van der Waals surface area contributed by atoms with Crippen LogP contribution in [0.15, 0.2) is 4.47 Å². The molecule has 1 aliphatic carbocycles. The van der Waals surface area contributed by atoms with Crippen molar-refractivity contribution in [1.29, 1.82) is 0 Å². The summed E-state index contributed by atoms with van der Waals surface area (Å²) in [6.07, 6.45) is 4.97. The van der Waals surface area contributed by atoms with Crippen molar-refractivity contribution in [2.75, 3.05) is 5.73 Å². The maximum Gasteiger partial charge on any atom is 0.141 e. The molecule has 2 rings (SSSR count). The standard InChI is InChI=1S/C13H20BrN3/c1-13(2,3)10-9(14)11(15)17-12(16-10)8-6-4-5-7-8/h8H,4-7H2,1-3H3,(H2,15,16,17). The summed E-state index contributed by atoms with van der Waals surface area (Å²) < 4.78 is 0.853. The molecule has 1 fully saturated rings. The topological polar surface area (TPSA) is 51.8 Å². The highest BCUT2D eigenvalue weighted by Crippen LogP contribution is 2.36. The van der Waals surface area contributed by atoms with Crippen molar-refractivity contribution in [2.24, 2.45) is 0 Å². The van der Waals surface area contributed by atoms with Crippen molar-refractivity contribution in [3.05, 3.63) is 16.0 Å². The van der Waals surface area contributed by atoms with Gasteiger partial charge in [0.25, 0.3) is 0 Å². The van der Waals surface area contributed by atoms with Gasteiger partial charge in [0, 0.05) is 11.3 Å². The molecule has 2 N–H and O–H groups in total. The maximum absolute atomic E-state index is 5.99. The van der Waals surface area contributed by atoms with Crippen molar-refractivity contribution in [2.45, 2.75) is 57.8 Å². The number of rotatable bonds is 1. The van der Waals surface area contributed by atoms with E-state index in [1.165, 1.54) is 25.7 Å². The minimum absolute atomic E-state index is 0.0107. The van der Waals surface area contributed by atoms with E-state index in [0.717, 1.165) is 16.0 Å². The number of nitrogens with two attached hydrogens (primary N) is 1. The maximum atomic E-state index is 5.99. The minimum Gasteiger partial charge on any atom is -0.383 e. The summed E-state index contributed by atoms with van der Waals surface area (Å²) in [7, 11) is 0. The zero-order chi connectivity index (χ0) is 12.6. The molecule has 94 valence electrons. The van der Waals surface area contributed by atoms with Crippen molar-refractivity contribution in [3.8, 4) is 0 Å². The summed E-state index contributed by atoms with van der Waals surface area (Å²) >= 11 is 3.51. The number of nitrogens with zero attached hydrogens (tertiary/aromatic N) is 2. The number of nitrogen functional groups attached to an aromatic ring is 1. The lowest BCUT2D eigenvalue weighted by atomic mass is 9.91. The molecule has 0 unspecified atom stereocenters. The molecule has 0 aromatic carbocycles. The zero-order valence-corrected chi connectivity index (χ0v) is 12.3. The molecular weight excluding hydrogens is 278 g/mol. The molecule has 0 spiro atoms. The number of halogens is 1. The van der Waals surface area contributed by atoms with E-state index < -0.39 is 0 Å². The minimum atomic E-state index is -0.0107. The van der Waals surface area contributed by atoms with Crippen LogP contribution in [0.1, 0.15) is 63.9 Å². The Balaban J connectivity index is 2.45. The van der Waals surface area contributed by atoms with Gasteiger partial charge in [-0.2, -0.15) is 0 Å². The third-order valence-electron chi connectivity index (χ3n) is 3.32. The molecule has 0 saturated heterocycles. The monoisotopic (exact) mass is 297 g/mol. The van der Waals surface area contributed by atoms with Gasteiger partial charge in [-0.15, -0.1) is 0 Å². The van der Waals surface area contributed by atoms with Gasteiger partial charge in [-0.3, -0.25) is 0 Å². The summed E-state index contributed by atoms with van der Waals surface area (Å²) in [6, 6.07) is 0. The highest BCUT2D eigenvalue weighted by molar-refractivity contribution is 9.10. The van der Waals surface area contributed by atoms with E-state index in [-0.39, 0.29) is 5.41 Å². The van der Waals surface area contributed by atoms with E-state index in [9.17, 15) is 0 Å². The lowest BCUT2D eigenvalue weighted by Crippen LogP contribution is -2.18. The molecule has 1 aliphatic rings. The van der Waals surface area contributed by atoms with Gasteiger partial charge >= 0.3 is 0 Å². The number of hydrogen-bond donors (Lipinski definition) is 1. The average molecular weight is 298 g/mol. The third-order valence-corrected chi connectivity index (χ3v) is 4.11. The first-order valence-corrected chi connectivity index (χ1v) is 7.02. The normalized spacial score (nSPS) is 17.6. The van der Waals surface area contributed by atoms with Gasteiger partial charge in [0.15, 0.2) is 0 Å². The van der Waals surface area contributed by atoms with Crippen LogP contribution in [0.25, 0.3) is 0 Å². The van der Waals surface area contributed by atoms with Crippen molar-refractivity contribution in [1.82, 2.24) is 9.97 Å². The fraction of sp³-hybridized carbons (Fsp3) is 0.692. The van der Waals surface area contributed by atoms with Gasteiger partial charge in [-0.05, 0) is 28.8 Å². The first-order chi connectivity index (χ1) is 7.89. The Hall–Kier alpha value is -0.640. The molecule has 0 amide bonds. The first-order valence-electron chi connectivity index (χ1n) is 6.23. The van der Waals surface area contributed by atoms with Gasteiger partial charge < -0.3 is 5.73 Å². The van der Waals surface area contributed by atoms with E-state index in [4.69, 9.17) is 10.7 Å². The van der Waals surface area contributed by atoms with Crippen LogP contribution in [-0.2, 0) is 5.41 Å². The molecule has 4 heteroatoms. The molecular formula is C13H20BrN3. The SMILES string of the molecule is CC(C)(C)c1nc(C2CCCC2)nc(N)c1Br. The highest BCUT2D eigenvalue weighted by atomic mass is 79.9. The van der Waals surface area contributed by atoms with E-state index in [1.54, 1.807) is 0 Å². The predicted octanol–water partition coefficient (Wildman–Crippen LogP) is 3.78. The Morgan fingerprint density at radius 1 is 1.18 bits per heavy atom. The summed E-state index contributed by atoms with van der Waals surface area (Å²) in [4.78, 5) is 9.20. The Morgan fingerprint density at radius 3 is 2.29 bits per heavy atom. The van der Waals surface area contributed by atoms with Gasteiger partial charge in [-0.1, -0.05) is 33.6 Å². The highest BCUT2D eigenvalue weighted by Gasteiger charge is 2.26. The number of hydrogen-bond acceptors (Lipinski definition) is 3. The molecule has 1 saturated carbocycles. The van der Waals surface area contributed by atoms with Crippen LogP contribution < -0.4 is 5.73 Å². The van der Waals surface area contributed by atoms with Crippen LogP contribution in [0.5, 0.6) is 0 Å². The van der Waals surface area contributed by atoms with Crippen LogP contribution in [0.4, 0.5) is 5.82 Å². The average Bonchev–Trinajstić information content (AvgIpc) is 2.73. The van der Waals surface area contributed by atoms with E-state index in [1.807, 2.05) is 0 Å². The van der Waals surface area contributed by atoms with Crippen molar-refractivity contribution < 1.29 is 0 Å². The predicted molar refractivity (Wildman–Crippen MR) is 74.1 cm³/mol. The second-order valence-electron chi connectivity index (χ2n) is 5.86. The lowest BCUT2D eigenvalue weighted by Gasteiger charge is -2.22. The Kier molecular flexibility index (Phi) is 3.43. The van der Waals surface area contributed by atoms with E-state index in [2.05, 4.69) is 41.7 Å². The quantitative estimate of drug-likeness (QED) is 0.858. The van der Waals surface area contributed by atoms with Gasteiger partial charge in [0.2, 0.25) is 0 Å². The molecule has 1 aromatic rings. The van der Waals surface area contributed by atoms with Crippen LogP contribution in [0.2, 0.25) is 0 Å². The largest absolute Gasteiger partial charge is 0.383 e. The molecule has 0 aliphatic heterocycles. The van der Waals surface area contributed by atoms with Crippen molar-refractivity contribution in [3.63, 3.8) is 0 Å². The Bertz CT molecular complexity index is 417. The number of aromatic nitrogens is 2. The molecule has 1 heterocycles. The second kappa shape index (κ2) is 4.56.